The van der Waals surface area contributed by atoms with Gasteiger partial charge in [-0.1, -0.05) is 0 Å². The molecule has 4 nitrogen and oxygen atoms in total. The van der Waals surface area contributed by atoms with Crippen LogP contribution < -0.4 is 5.32 Å². The molecule has 15 heavy (non-hydrogen) atoms. The van der Waals surface area contributed by atoms with E-state index in [4.69, 9.17) is 16.3 Å². The Morgan fingerprint density at radius 3 is 2.80 bits per heavy atom. The summed E-state index contributed by atoms with van der Waals surface area (Å²) < 4.78 is 4.95. The Balaban J connectivity index is 3.31. The molecule has 0 saturated carbocycles. The Morgan fingerprint density at radius 1 is 1.47 bits per heavy atom. The van der Waals surface area contributed by atoms with Crippen molar-refractivity contribution >= 4 is 17.5 Å². The summed E-state index contributed by atoms with van der Waals surface area (Å²) in [4.78, 5) is 13.3. The molecular weight excluding hydrogens is 216 g/mol. The van der Waals surface area contributed by atoms with Gasteiger partial charge in [-0.2, -0.15) is 0 Å². The molecular formula is C10H21ClN2O2. The fourth-order valence-corrected chi connectivity index (χ4v) is 1.19. The number of hydrogen-bond donors (Lipinski definition) is 1. The summed E-state index contributed by atoms with van der Waals surface area (Å²) in [6.45, 7) is 3.13. The number of hydrogen-bond acceptors (Lipinski definition) is 3. The Labute approximate surface area is 96.9 Å². The van der Waals surface area contributed by atoms with Crippen LogP contribution in [-0.2, 0) is 9.53 Å². The van der Waals surface area contributed by atoms with Gasteiger partial charge < -0.3 is 15.0 Å². The molecule has 1 amide bonds. The average Bonchev–Trinajstić information content (AvgIpc) is 2.23. The maximum absolute atomic E-state index is 11.2. The van der Waals surface area contributed by atoms with Gasteiger partial charge in [-0.3, -0.25) is 4.79 Å². The Hall–Kier alpha value is -0.320. The molecule has 0 fully saturated rings. The molecule has 5 heteroatoms. The quantitative estimate of drug-likeness (QED) is 0.600. The summed E-state index contributed by atoms with van der Waals surface area (Å²) in [7, 11) is 3.69. The second-order valence-corrected chi connectivity index (χ2v) is 3.82. The molecule has 0 aliphatic heterocycles. The predicted octanol–water partition coefficient (Wildman–Crippen LogP) is 0.700. The minimum absolute atomic E-state index is 0.0794. The summed E-state index contributed by atoms with van der Waals surface area (Å²) >= 11 is 5.49. The van der Waals surface area contributed by atoms with Crippen molar-refractivity contribution in [2.75, 3.05) is 46.3 Å². The fourth-order valence-electron chi connectivity index (χ4n) is 1.06. The lowest BCUT2D eigenvalue weighted by Gasteiger charge is -2.16. The number of carbonyl (C=O) groups is 1. The zero-order chi connectivity index (χ0) is 11.5. The fraction of sp³-hybridized carbons (Fsp3) is 0.900. The predicted molar refractivity (Wildman–Crippen MR) is 62.3 cm³/mol. The third-order valence-corrected chi connectivity index (χ3v) is 2.30. The first-order valence-electron chi connectivity index (χ1n) is 5.21. The van der Waals surface area contributed by atoms with Crippen LogP contribution in [0.5, 0.6) is 0 Å². The highest BCUT2D eigenvalue weighted by Gasteiger charge is 2.01. The lowest BCUT2D eigenvalue weighted by molar-refractivity contribution is -0.121. The standard InChI is InChI=1S/C10H21ClN2O2/c1-13(8-9-15-2)7-6-12-10(14)4-3-5-11/h3-9H2,1-2H3,(H,12,14). The van der Waals surface area contributed by atoms with E-state index in [1.165, 1.54) is 0 Å². The number of alkyl halides is 1. The van der Waals surface area contributed by atoms with Gasteiger partial charge in [-0.15, -0.1) is 11.6 Å². The van der Waals surface area contributed by atoms with E-state index in [1.807, 2.05) is 7.05 Å². The minimum atomic E-state index is 0.0794. The van der Waals surface area contributed by atoms with Crippen molar-refractivity contribution in [3.05, 3.63) is 0 Å². The van der Waals surface area contributed by atoms with Gasteiger partial charge in [0, 0.05) is 39.0 Å². The van der Waals surface area contributed by atoms with Gasteiger partial charge in [0.25, 0.3) is 0 Å². The van der Waals surface area contributed by atoms with Crippen molar-refractivity contribution < 1.29 is 9.53 Å². The van der Waals surface area contributed by atoms with Crippen LogP contribution in [0.4, 0.5) is 0 Å². The normalized spacial score (nSPS) is 10.7. The van der Waals surface area contributed by atoms with Crippen molar-refractivity contribution in [3.63, 3.8) is 0 Å². The summed E-state index contributed by atoms with van der Waals surface area (Å²) in [6.07, 6.45) is 1.26. The lowest BCUT2D eigenvalue weighted by atomic mass is 10.3. The van der Waals surface area contributed by atoms with E-state index in [0.717, 1.165) is 26.1 Å². The highest BCUT2D eigenvalue weighted by Crippen LogP contribution is 1.91. The summed E-state index contributed by atoms with van der Waals surface area (Å²) in [6, 6.07) is 0. The first-order chi connectivity index (χ1) is 7.20. The number of nitrogens with zero attached hydrogens (tertiary/aromatic N) is 1. The monoisotopic (exact) mass is 236 g/mol. The number of halogens is 1. The van der Waals surface area contributed by atoms with Crippen molar-refractivity contribution in [1.82, 2.24) is 10.2 Å². The number of ether oxygens (including phenoxy) is 1. The molecule has 0 atom stereocenters. The van der Waals surface area contributed by atoms with Gasteiger partial charge in [0.1, 0.15) is 0 Å². The van der Waals surface area contributed by atoms with E-state index >= 15 is 0 Å². The number of methoxy groups -OCH3 is 1. The van der Waals surface area contributed by atoms with Crippen LogP contribution in [-0.4, -0.2) is 57.1 Å². The number of nitrogens with one attached hydrogen (secondary N) is 1. The molecule has 0 saturated heterocycles. The van der Waals surface area contributed by atoms with Gasteiger partial charge >= 0.3 is 0 Å². The minimum Gasteiger partial charge on any atom is -0.383 e. The van der Waals surface area contributed by atoms with Crippen LogP contribution in [0.25, 0.3) is 0 Å². The van der Waals surface area contributed by atoms with Crippen molar-refractivity contribution in [3.8, 4) is 0 Å². The zero-order valence-electron chi connectivity index (χ0n) is 9.59. The first-order valence-corrected chi connectivity index (χ1v) is 5.74. The summed E-state index contributed by atoms with van der Waals surface area (Å²) in [5.74, 6) is 0.622. The van der Waals surface area contributed by atoms with Gasteiger partial charge in [-0.05, 0) is 13.5 Å². The Kier molecular flexibility index (Phi) is 9.99. The van der Waals surface area contributed by atoms with Gasteiger partial charge in [-0.25, -0.2) is 0 Å². The maximum atomic E-state index is 11.2. The van der Waals surface area contributed by atoms with E-state index in [1.54, 1.807) is 7.11 Å². The topological polar surface area (TPSA) is 41.6 Å². The van der Waals surface area contributed by atoms with Crippen LogP contribution in [0.15, 0.2) is 0 Å². The first kappa shape index (κ1) is 14.7. The summed E-state index contributed by atoms with van der Waals surface area (Å²) in [5.41, 5.74) is 0. The molecule has 0 unspecified atom stereocenters. The molecule has 0 heterocycles. The zero-order valence-corrected chi connectivity index (χ0v) is 10.3. The second-order valence-electron chi connectivity index (χ2n) is 3.44. The largest absolute Gasteiger partial charge is 0.383 e. The SMILES string of the molecule is COCCN(C)CCNC(=O)CCCCl. The Morgan fingerprint density at radius 2 is 2.20 bits per heavy atom. The van der Waals surface area contributed by atoms with Gasteiger partial charge in [0.15, 0.2) is 0 Å². The Bertz CT molecular complexity index is 168. The van der Waals surface area contributed by atoms with Gasteiger partial charge in [0.05, 0.1) is 6.61 Å². The van der Waals surface area contributed by atoms with Crippen molar-refractivity contribution in [1.29, 1.82) is 0 Å². The van der Waals surface area contributed by atoms with Crippen LogP contribution >= 0.6 is 11.6 Å². The average molecular weight is 237 g/mol. The molecule has 0 bridgehead atoms. The molecule has 0 radical (unpaired) electrons. The van der Waals surface area contributed by atoms with E-state index in [0.29, 0.717) is 18.8 Å². The molecule has 90 valence electrons. The van der Waals surface area contributed by atoms with Crippen LogP contribution in [0.2, 0.25) is 0 Å². The van der Waals surface area contributed by atoms with Crippen LogP contribution in [0, 0.1) is 0 Å². The lowest BCUT2D eigenvalue weighted by Crippen LogP contribution is -2.34. The molecule has 0 aliphatic carbocycles. The van der Waals surface area contributed by atoms with E-state index in [-0.39, 0.29) is 5.91 Å². The van der Waals surface area contributed by atoms with Crippen molar-refractivity contribution in [2.24, 2.45) is 0 Å². The third-order valence-electron chi connectivity index (χ3n) is 2.03. The number of amides is 1. The van der Waals surface area contributed by atoms with Gasteiger partial charge in [0.2, 0.25) is 5.91 Å². The highest BCUT2D eigenvalue weighted by molar-refractivity contribution is 6.17. The van der Waals surface area contributed by atoms with E-state index < -0.39 is 0 Å². The van der Waals surface area contributed by atoms with E-state index in [9.17, 15) is 4.79 Å². The number of carbonyl (C=O) groups excluding carboxylic acids is 1. The van der Waals surface area contributed by atoms with E-state index in [2.05, 4.69) is 10.2 Å². The molecule has 0 aromatic rings. The molecule has 0 rings (SSSR count). The smallest absolute Gasteiger partial charge is 0.220 e. The van der Waals surface area contributed by atoms with Crippen molar-refractivity contribution in [2.45, 2.75) is 12.8 Å². The maximum Gasteiger partial charge on any atom is 0.220 e. The molecule has 0 spiro atoms. The number of rotatable bonds is 9. The molecule has 0 aromatic heterocycles. The summed E-state index contributed by atoms with van der Waals surface area (Å²) in [5, 5.41) is 2.84. The van der Waals surface area contributed by atoms with Crippen LogP contribution in [0.1, 0.15) is 12.8 Å². The highest BCUT2D eigenvalue weighted by atomic mass is 35.5. The third kappa shape index (κ3) is 9.97. The molecule has 1 N–H and O–H groups in total. The number of likely N-dealkylation sites (N-methyl/N-ethyl adjacent to an activating group) is 1. The molecule has 0 aromatic carbocycles. The molecule has 0 aliphatic rings. The second kappa shape index (κ2) is 10.2. The van der Waals surface area contributed by atoms with Crippen LogP contribution in [0.3, 0.4) is 0 Å².